The van der Waals surface area contributed by atoms with E-state index >= 15 is 0 Å². The minimum absolute atomic E-state index is 0.181. The molecule has 10 heteroatoms. The number of likely N-dealkylation sites (tertiary alicyclic amines) is 1. The molecule has 0 spiro atoms. The van der Waals surface area contributed by atoms with E-state index in [9.17, 15) is 4.79 Å². The van der Waals surface area contributed by atoms with Crippen molar-refractivity contribution in [1.29, 1.82) is 0 Å². The first kappa shape index (κ1) is 17.2. The Labute approximate surface area is 165 Å². The van der Waals surface area contributed by atoms with Crippen LogP contribution in [0, 0.1) is 6.92 Å². The van der Waals surface area contributed by atoms with E-state index < -0.39 is 5.54 Å². The maximum absolute atomic E-state index is 13.1. The van der Waals surface area contributed by atoms with Crippen molar-refractivity contribution in [1.82, 2.24) is 30.1 Å². The zero-order valence-electron chi connectivity index (χ0n) is 15.2. The lowest BCUT2D eigenvalue weighted by molar-refractivity contribution is -0.0912. The average molecular weight is 400 g/mol. The number of hydrogen-bond donors (Lipinski definition) is 1. The number of amides is 2. The van der Waals surface area contributed by atoms with Crippen molar-refractivity contribution >= 4 is 23.3 Å². The number of nitrogens with zero attached hydrogens (tertiary/aromatic N) is 6. The Morgan fingerprint density at radius 3 is 2.86 bits per heavy atom. The predicted octanol–water partition coefficient (Wildman–Crippen LogP) is 3.30. The third-order valence-electron chi connectivity index (χ3n) is 5.50. The van der Waals surface area contributed by atoms with Gasteiger partial charge in [0, 0.05) is 25.1 Å². The van der Waals surface area contributed by atoms with E-state index in [1.807, 2.05) is 4.90 Å². The lowest BCUT2D eigenvalue weighted by Crippen LogP contribution is -2.69. The Kier molecular flexibility index (Phi) is 3.87. The molecule has 3 heterocycles. The summed E-state index contributed by atoms with van der Waals surface area (Å²) < 4.78 is 5.70. The smallest absolute Gasteiger partial charge is 0.323 e. The molecule has 2 bridgehead atoms. The van der Waals surface area contributed by atoms with Gasteiger partial charge in [0.05, 0.1) is 17.4 Å². The molecule has 1 aromatic carbocycles. The maximum Gasteiger partial charge on any atom is 0.323 e. The van der Waals surface area contributed by atoms with Gasteiger partial charge in [0.1, 0.15) is 11.2 Å². The normalized spacial score (nSPS) is 23.4. The maximum atomic E-state index is 13.1. The van der Waals surface area contributed by atoms with Gasteiger partial charge in [0.2, 0.25) is 11.8 Å². The molecule has 1 saturated heterocycles. The summed E-state index contributed by atoms with van der Waals surface area (Å²) in [4.78, 5) is 16.4. The van der Waals surface area contributed by atoms with Gasteiger partial charge in [-0.15, -0.1) is 10.2 Å². The molecule has 2 atom stereocenters. The molecule has 0 radical (unpaired) electrons. The highest BCUT2D eigenvalue weighted by Crippen LogP contribution is 2.53. The first-order valence-electron chi connectivity index (χ1n) is 9.14. The number of urea groups is 1. The molecular formula is C18H18ClN7O2. The number of halogens is 1. The lowest BCUT2D eigenvalue weighted by Gasteiger charge is -2.59. The van der Waals surface area contributed by atoms with Gasteiger partial charge in [0.15, 0.2) is 0 Å². The average Bonchev–Trinajstić information content (AvgIpc) is 3.35. The minimum atomic E-state index is -0.507. The topological polar surface area (TPSA) is 102 Å². The molecule has 1 aliphatic carbocycles. The van der Waals surface area contributed by atoms with Crippen LogP contribution in [-0.2, 0) is 5.54 Å². The van der Waals surface area contributed by atoms with E-state index in [2.05, 4.69) is 25.7 Å². The third kappa shape index (κ3) is 2.57. The van der Waals surface area contributed by atoms with E-state index in [-0.39, 0.29) is 12.1 Å². The fourth-order valence-corrected chi connectivity index (χ4v) is 4.50. The second kappa shape index (κ2) is 6.30. The van der Waals surface area contributed by atoms with Gasteiger partial charge in [-0.2, -0.15) is 15.0 Å². The van der Waals surface area contributed by atoms with Crippen molar-refractivity contribution in [3.63, 3.8) is 0 Å². The van der Waals surface area contributed by atoms with E-state index in [0.29, 0.717) is 28.2 Å². The molecule has 0 unspecified atom stereocenters. The molecule has 1 saturated carbocycles. The Hall–Kier alpha value is -2.94. The van der Waals surface area contributed by atoms with Crippen LogP contribution in [0.2, 0.25) is 5.02 Å². The van der Waals surface area contributed by atoms with E-state index in [4.69, 9.17) is 16.0 Å². The molecule has 144 valence electrons. The van der Waals surface area contributed by atoms with Crippen molar-refractivity contribution in [3.05, 3.63) is 47.4 Å². The summed E-state index contributed by atoms with van der Waals surface area (Å²) in [6.07, 6.45) is 6.82. The Morgan fingerprint density at radius 1 is 1.32 bits per heavy atom. The van der Waals surface area contributed by atoms with Gasteiger partial charge in [-0.1, -0.05) is 11.6 Å². The Balaban J connectivity index is 1.42. The van der Waals surface area contributed by atoms with E-state index in [1.165, 1.54) is 4.80 Å². The van der Waals surface area contributed by atoms with Crippen molar-refractivity contribution < 1.29 is 9.21 Å². The summed E-state index contributed by atoms with van der Waals surface area (Å²) in [5.41, 5.74) is 0.701. The number of carbonyl (C=O) groups is 1. The second-order valence-corrected chi connectivity index (χ2v) is 7.60. The number of carbonyl (C=O) groups excluding carboxylic acids is 1. The van der Waals surface area contributed by atoms with Gasteiger partial charge < -0.3 is 14.6 Å². The predicted molar refractivity (Wildman–Crippen MR) is 100 cm³/mol. The van der Waals surface area contributed by atoms with Crippen molar-refractivity contribution in [2.45, 2.75) is 44.2 Å². The lowest BCUT2D eigenvalue weighted by atomic mass is 9.68. The molecule has 9 nitrogen and oxygen atoms in total. The van der Waals surface area contributed by atoms with Gasteiger partial charge in [-0.3, -0.25) is 0 Å². The largest absolute Gasteiger partial charge is 0.423 e. The van der Waals surface area contributed by atoms with Crippen LogP contribution >= 0.6 is 11.6 Å². The van der Waals surface area contributed by atoms with Gasteiger partial charge >= 0.3 is 6.03 Å². The van der Waals surface area contributed by atoms with Crippen LogP contribution in [0.15, 0.2) is 35.0 Å². The van der Waals surface area contributed by atoms with E-state index in [0.717, 1.165) is 25.7 Å². The summed E-state index contributed by atoms with van der Waals surface area (Å²) in [6.45, 7) is 1.76. The van der Waals surface area contributed by atoms with Crippen LogP contribution < -0.4 is 5.32 Å². The number of hydrogen-bond acceptors (Lipinski definition) is 6. The van der Waals surface area contributed by atoms with Crippen LogP contribution in [0.5, 0.6) is 0 Å². The monoisotopic (exact) mass is 399 g/mol. The summed E-state index contributed by atoms with van der Waals surface area (Å²) in [5.74, 6) is 1.03. The minimum Gasteiger partial charge on any atom is -0.423 e. The Bertz CT molecular complexity index is 1030. The van der Waals surface area contributed by atoms with Crippen molar-refractivity contribution in [3.8, 4) is 5.69 Å². The summed E-state index contributed by atoms with van der Waals surface area (Å²) in [5, 5.41) is 19.8. The van der Waals surface area contributed by atoms with Gasteiger partial charge in [-0.05, 0) is 37.5 Å². The first-order chi connectivity index (χ1) is 13.6. The molecule has 1 N–H and O–H groups in total. The van der Waals surface area contributed by atoms with Gasteiger partial charge in [-0.25, -0.2) is 4.79 Å². The SMILES string of the molecule is Cc1nnc([C@@]23CCC[C@@H](C2)N3C(=O)Nc2ccc(Cl)c(-n3nccn3)c2)o1. The molecule has 5 rings (SSSR count). The first-order valence-corrected chi connectivity index (χ1v) is 9.52. The molecule has 2 aromatic heterocycles. The quantitative estimate of drug-likeness (QED) is 0.725. The molecular weight excluding hydrogens is 382 g/mol. The fourth-order valence-electron chi connectivity index (χ4n) is 4.31. The molecule has 2 fully saturated rings. The third-order valence-corrected chi connectivity index (χ3v) is 5.82. The molecule has 28 heavy (non-hydrogen) atoms. The molecule has 2 amide bonds. The van der Waals surface area contributed by atoms with Crippen molar-refractivity contribution in [2.75, 3.05) is 5.32 Å². The zero-order valence-corrected chi connectivity index (χ0v) is 15.9. The highest BCUT2D eigenvalue weighted by atomic mass is 35.5. The number of fused-ring (bicyclic) bond motifs is 2. The van der Waals surface area contributed by atoms with Crippen LogP contribution in [0.1, 0.15) is 37.5 Å². The van der Waals surface area contributed by atoms with Gasteiger partial charge in [0.25, 0.3) is 0 Å². The second-order valence-electron chi connectivity index (χ2n) is 7.19. The number of aryl methyl sites for hydroxylation is 1. The standard InChI is InChI=1S/C18H18ClN7O2/c1-11-23-24-16(28-11)18-6-2-3-13(10-18)25(18)17(27)22-12-4-5-14(19)15(9-12)26-20-7-8-21-26/h4-5,7-9,13H,2-3,6,10H2,1H3,(H,22,27)/t13-,18+/m0/s1. The van der Waals surface area contributed by atoms with Crippen molar-refractivity contribution in [2.24, 2.45) is 0 Å². The zero-order chi connectivity index (χ0) is 19.3. The highest BCUT2D eigenvalue weighted by Gasteiger charge is 2.60. The summed E-state index contributed by atoms with van der Waals surface area (Å²) >= 11 is 6.26. The Morgan fingerprint density at radius 2 is 2.14 bits per heavy atom. The number of rotatable bonds is 3. The van der Waals surface area contributed by atoms with Crippen LogP contribution in [-0.4, -0.2) is 42.2 Å². The number of benzene rings is 1. The molecule has 1 aliphatic heterocycles. The summed E-state index contributed by atoms with van der Waals surface area (Å²) in [7, 11) is 0. The van der Waals surface area contributed by atoms with E-state index in [1.54, 1.807) is 37.5 Å². The van der Waals surface area contributed by atoms with Crippen LogP contribution in [0.3, 0.4) is 0 Å². The number of aromatic nitrogens is 5. The highest BCUT2D eigenvalue weighted by molar-refractivity contribution is 6.32. The number of anilines is 1. The summed E-state index contributed by atoms with van der Waals surface area (Å²) in [6, 6.07) is 5.21. The number of piperidine rings is 1. The number of nitrogens with one attached hydrogen (secondary N) is 1. The molecule has 2 aliphatic rings. The van der Waals surface area contributed by atoms with Crippen LogP contribution in [0.25, 0.3) is 5.69 Å². The molecule has 3 aromatic rings. The fraction of sp³-hybridized carbons (Fsp3) is 0.389. The van der Waals surface area contributed by atoms with Crippen LogP contribution in [0.4, 0.5) is 10.5 Å².